The van der Waals surface area contributed by atoms with Crippen LogP contribution in [0.15, 0.2) is 33.1 Å². The van der Waals surface area contributed by atoms with Crippen molar-refractivity contribution in [2.24, 2.45) is 4.40 Å². The van der Waals surface area contributed by atoms with Crippen LogP contribution in [0.5, 0.6) is 0 Å². The molecule has 0 radical (unpaired) electrons. The van der Waals surface area contributed by atoms with E-state index in [0.717, 1.165) is 10.2 Å². The maximum atomic E-state index is 11.7. The minimum atomic E-state index is -1.22. The Kier molecular flexibility index (Phi) is 7.42. The Bertz CT molecular complexity index is 501. The van der Waals surface area contributed by atoms with Crippen molar-refractivity contribution >= 4 is 45.1 Å². The van der Waals surface area contributed by atoms with Gasteiger partial charge in [0.05, 0.1) is 6.21 Å². The molecule has 0 fully saturated rings. The average Bonchev–Trinajstić information content (AvgIpc) is 2.36. The standard InChI is InChI=1S/C15H21BrN2O2S/c1-15(2,3)21(20)17-10-5-4-9-14(19)18-13-8-6-7-12(16)11-13/h6-8,10-11H,4-5,9H2,1-3H3,(H,18,19)/b17-10+/t21-/m0/s1. The third-order valence-electron chi connectivity index (χ3n) is 2.54. The summed E-state index contributed by atoms with van der Waals surface area (Å²) in [6, 6.07) is 7.47. The lowest BCUT2D eigenvalue weighted by Gasteiger charge is -2.17. The van der Waals surface area contributed by atoms with E-state index in [9.17, 15) is 9.35 Å². The first-order chi connectivity index (χ1) is 9.79. The van der Waals surface area contributed by atoms with Crippen molar-refractivity contribution in [1.82, 2.24) is 0 Å². The van der Waals surface area contributed by atoms with E-state index in [4.69, 9.17) is 0 Å². The van der Waals surface area contributed by atoms with Gasteiger partial charge in [-0.3, -0.25) is 4.79 Å². The topological polar surface area (TPSA) is 64.5 Å². The number of halogens is 1. The lowest BCUT2D eigenvalue weighted by molar-refractivity contribution is -0.116. The number of unbranched alkanes of at least 4 members (excludes halogenated alkanes) is 1. The summed E-state index contributed by atoms with van der Waals surface area (Å²) in [6.45, 7) is 5.64. The monoisotopic (exact) mass is 372 g/mol. The first kappa shape index (κ1) is 18.2. The number of hydrogen-bond donors (Lipinski definition) is 1. The number of anilines is 1. The van der Waals surface area contributed by atoms with Gasteiger partial charge in [-0.1, -0.05) is 26.4 Å². The summed E-state index contributed by atoms with van der Waals surface area (Å²) in [6.07, 6.45) is 3.40. The molecule has 1 rings (SSSR count). The van der Waals surface area contributed by atoms with Crippen LogP contribution < -0.4 is 5.32 Å². The van der Waals surface area contributed by atoms with Crippen molar-refractivity contribution in [2.75, 3.05) is 5.32 Å². The fourth-order valence-electron chi connectivity index (χ4n) is 1.42. The number of rotatable bonds is 6. The second-order valence-electron chi connectivity index (χ2n) is 5.60. The zero-order valence-electron chi connectivity index (χ0n) is 12.6. The molecule has 1 amide bonds. The molecule has 1 aromatic rings. The molecule has 6 heteroatoms. The molecule has 1 atom stereocenters. The summed E-state index contributed by atoms with van der Waals surface area (Å²) in [5, 5.41) is 2.83. The zero-order valence-corrected chi connectivity index (χ0v) is 15.0. The number of benzene rings is 1. The number of nitrogens with zero attached hydrogens (tertiary/aromatic N) is 1. The first-order valence-electron chi connectivity index (χ1n) is 6.79. The van der Waals surface area contributed by atoms with E-state index in [1.165, 1.54) is 0 Å². The van der Waals surface area contributed by atoms with Gasteiger partial charge in [0.2, 0.25) is 5.91 Å². The van der Waals surface area contributed by atoms with Gasteiger partial charge in [0.1, 0.15) is 16.1 Å². The highest BCUT2D eigenvalue weighted by Gasteiger charge is 2.25. The van der Waals surface area contributed by atoms with E-state index in [1.54, 1.807) is 6.21 Å². The zero-order chi connectivity index (χ0) is 15.9. The van der Waals surface area contributed by atoms with E-state index in [-0.39, 0.29) is 10.7 Å². The Balaban J connectivity index is 2.27. The van der Waals surface area contributed by atoms with Gasteiger partial charge in [0.25, 0.3) is 0 Å². The molecule has 0 aromatic heterocycles. The Hall–Kier alpha value is -0.850. The quantitative estimate of drug-likeness (QED) is 0.464. The second kappa shape index (κ2) is 8.56. The molecule has 4 nitrogen and oxygen atoms in total. The highest BCUT2D eigenvalue weighted by molar-refractivity contribution is 9.10. The average molecular weight is 373 g/mol. The first-order valence-corrected chi connectivity index (χ1v) is 8.69. The molecule has 0 aliphatic heterocycles. The number of carbonyl (C=O) groups is 1. The molecule has 0 spiro atoms. The second-order valence-corrected chi connectivity index (χ2v) is 8.45. The maximum Gasteiger partial charge on any atom is 0.224 e. The van der Waals surface area contributed by atoms with Crippen LogP contribution in [-0.2, 0) is 16.2 Å². The van der Waals surface area contributed by atoms with Crippen molar-refractivity contribution in [3.8, 4) is 0 Å². The molecule has 1 N–H and O–H groups in total. The Labute approximate surface area is 137 Å². The normalized spacial score (nSPS) is 13.4. The predicted octanol–water partition coefficient (Wildman–Crippen LogP) is 4.09. The van der Waals surface area contributed by atoms with Crippen molar-refractivity contribution < 1.29 is 9.35 Å². The molecular formula is C15H21BrN2O2S. The van der Waals surface area contributed by atoms with Gasteiger partial charge in [0.15, 0.2) is 0 Å². The van der Waals surface area contributed by atoms with Gasteiger partial charge in [-0.05, 0) is 51.8 Å². The summed E-state index contributed by atoms with van der Waals surface area (Å²) in [7, 11) is 0. The smallest absolute Gasteiger partial charge is 0.224 e. The summed E-state index contributed by atoms with van der Waals surface area (Å²) < 4.78 is 16.3. The lowest BCUT2D eigenvalue weighted by atomic mass is 10.2. The van der Waals surface area contributed by atoms with E-state index >= 15 is 0 Å². The molecule has 0 aliphatic carbocycles. The fraction of sp³-hybridized carbons (Fsp3) is 0.467. The molecule has 0 saturated heterocycles. The molecule has 0 unspecified atom stereocenters. The van der Waals surface area contributed by atoms with Crippen LogP contribution in [0.1, 0.15) is 40.0 Å². The summed E-state index contributed by atoms with van der Waals surface area (Å²) >= 11 is 2.14. The van der Waals surface area contributed by atoms with Gasteiger partial charge in [0, 0.05) is 16.6 Å². The van der Waals surface area contributed by atoms with Crippen LogP contribution in [0.2, 0.25) is 0 Å². The lowest BCUT2D eigenvalue weighted by Crippen LogP contribution is -2.25. The highest BCUT2D eigenvalue weighted by Crippen LogP contribution is 2.17. The highest BCUT2D eigenvalue weighted by atomic mass is 79.9. The van der Waals surface area contributed by atoms with E-state index in [0.29, 0.717) is 19.3 Å². The van der Waals surface area contributed by atoms with E-state index in [1.807, 2.05) is 45.0 Å². The fourth-order valence-corrected chi connectivity index (χ4v) is 2.38. The summed E-state index contributed by atoms with van der Waals surface area (Å²) in [5.74, 6) is -0.0292. The van der Waals surface area contributed by atoms with Crippen molar-refractivity contribution in [2.45, 2.75) is 44.8 Å². The van der Waals surface area contributed by atoms with E-state index in [2.05, 4.69) is 25.6 Å². The molecule has 0 saturated carbocycles. The van der Waals surface area contributed by atoms with Gasteiger partial charge >= 0.3 is 0 Å². The van der Waals surface area contributed by atoms with Crippen LogP contribution in [0.25, 0.3) is 0 Å². The van der Waals surface area contributed by atoms with Gasteiger partial charge in [-0.2, -0.15) is 0 Å². The van der Waals surface area contributed by atoms with Crippen LogP contribution in [0.4, 0.5) is 5.69 Å². The Morgan fingerprint density at radius 3 is 2.81 bits per heavy atom. The molecule has 116 valence electrons. The van der Waals surface area contributed by atoms with Crippen LogP contribution >= 0.6 is 15.9 Å². The SMILES string of the molecule is CC(C)(C)[S@+]([O-])/N=C/CCCC(=O)Nc1cccc(Br)c1. The molecule has 1 aromatic carbocycles. The van der Waals surface area contributed by atoms with Crippen molar-refractivity contribution in [3.63, 3.8) is 0 Å². The van der Waals surface area contributed by atoms with Crippen LogP contribution in [0, 0.1) is 0 Å². The number of hydrogen-bond acceptors (Lipinski definition) is 3. The number of carbonyl (C=O) groups excluding carboxylic acids is 1. The minimum Gasteiger partial charge on any atom is -0.591 e. The summed E-state index contributed by atoms with van der Waals surface area (Å²) in [4.78, 5) is 11.7. The van der Waals surface area contributed by atoms with Gasteiger partial charge < -0.3 is 9.87 Å². The largest absolute Gasteiger partial charge is 0.591 e. The van der Waals surface area contributed by atoms with Gasteiger partial charge in [-0.15, -0.1) is 0 Å². The third-order valence-corrected chi connectivity index (χ3v) is 4.42. The number of nitrogens with one attached hydrogen (secondary N) is 1. The molecular weight excluding hydrogens is 352 g/mol. The van der Waals surface area contributed by atoms with Gasteiger partial charge in [-0.25, -0.2) is 0 Å². The molecule has 0 aliphatic rings. The van der Waals surface area contributed by atoms with E-state index < -0.39 is 11.4 Å². The Morgan fingerprint density at radius 2 is 2.19 bits per heavy atom. The molecule has 21 heavy (non-hydrogen) atoms. The summed E-state index contributed by atoms with van der Waals surface area (Å²) in [5.41, 5.74) is 0.775. The predicted molar refractivity (Wildman–Crippen MR) is 93.0 cm³/mol. The van der Waals surface area contributed by atoms with Crippen molar-refractivity contribution in [1.29, 1.82) is 0 Å². The number of amides is 1. The molecule has 0 bridgehead atoms. The third kappa shape index (κ3) is 7.64. The van der Waals surface area contributed by atoms with Crippen LogP contribution in [-0.4, -0.2) is 21.4 Å². The maximum absolute atomic E-state index is 11.7. The molecule has 0 heterocycles. The van der Waals surface area contributed by atoms with Crippen LogP contribution in [0.3, 0.4) is 0 Å². The van der Waals surface area contributed by atoms with Crippen molar-refractivity contribution in [3.05, 3.63) is 28.7 Å². The Morgan fingerprint density at radius 1 is 1.48 bits per heavy atom. The minimum absolute atomic E-state index is 0.0292.